The van der Waals surface area contributed by atoms with Crippen LogP contribution in [0.5, 0.6) is 0 Å². The molecule has 0 radical (unpaired) electrons. The molecule has 7 heteroatoms. The van der Waals surface area contributed by atoms with Crippen LogP contribution >= 0.6 is 23.5 Å². The molecule has 5 nitrogen and oxygen atoms in total. The van der Waals surface area contributed by atoms with Gasteiger partial charge >= 0.3 is 6.03 Å². The van der Waals surface area contributed by atoms with Crippen molar-refractivity contribution in [3.8, 4) is 0 Å². The molecular formula is C8H14N4OS2. The zero-order chi connectivity index (χ0) is 11.3. The standard InChI is InChI=1S/C8H14N4OS2/c1-8(2,14-3)5-9-7(13)11-6-4-10-15-12-6/h4H,5H2,1-3H3,(H2,9,11,12,13). The number of carbonyl (C=O) groups excluding carboxylic acids is 1. The Labute approximate surface area is 97.4 Å². The second-order valence-corrected chi connectivity index (χ2v) is 5.63. The summed E-state index contributed by atoms with van der Waals surface area (Å²) in [5.41, 5.74) is 0. The lowest BCUT2D eigenvalue weighted by atomic mass is 10.2. The number of thioether (sulfide) groups is 1. The number of aromatic nitrogens is 2. The van der Waals surface area contributed by atoms with E-state index in [1.165, 1.54) is 6.20 Å². The van der Waals surface area contributed by atoms with Gasteiger partial charge in [-0.15, -0.1) is 0 Å². The van der Waals surface area contributed by atoms with Crippen LogP contribution in [0.3, 0.4) is 0 Å². The first kappa shape index (κ1) is 12.3. The lowest BCUT2D eigenvalue weighted by Crippen LogP contribution is -2.38. The predicted molar refractivity (Wildman–Crippen MR) is 64.5 cm³/mol. The van der Waals surface area contributed by atoms with Gasteiger partial charge in [-0.2, -0.15) is 20.5 Å². The molecular weight excluding hydrogens is 232 g/mol. The Kier molecular flexibility index (Phi) is 4.34. The molecule has 0 atom stereocenters. The Hall–Kier alpha value is -0.820. The van der Waals surface area contributed by atoms with Crippen molar-refractivity contribution in [3.05, 3.63) is 6.20 Å². The molecule has 0 aliphatic rings. The smallest absolute Gasteiger partial charge is 0.320 e. The van der Waals surface area contributed by atoms with Gasteiger partial charge < -0.3 is 5.32 Å². The number of rotatable bonds is 4. The van der Waals surface area contributed by atoms with Crippen LogP contribution in [0, 0.1) is 0 Å². The van der Waals surface area contributed by atoms with Gasteiger partial charge in [-0.25, -0.2) is 4.79 Å². The van der Waals surface area contributed by atoms with E-state index >= 15 is 0 Å². The summed E-state index contributed by atoms with van der Waals surface area (Å²) in [6.45, 7) is 4.75. The fraction of sp³-hybridized carbons (Fsp3) is 0.625. The number of carbonyl (C=O) groups is 1. The maximum absolute atomic E-state index is 11.4. The number of amides is 2. The first-order valence-corrected chi connectivity index (χ1v) is 6.36. The van der Waals surface area contributed by atoms with E-state index in [1.54, 1.807) is 11.8 Å². The molecule has 15 heavy (non-hydrogen) atoms. The maximum atomic E-state index is 11.4. The van der Waals surface area contributed by atoms with Gasteiger partial charge in [0.25, 0.3) is 0 Å². The van der Waals surface area contributed by atoms with Gasteiger partial charge in [-0.05, 0) is 20.1 Å². The fourth-order valence-electron chi connectivity index (χ4n) is 0.746. The summed E-state index contributed by atoms with van der Waals surface area (Å²) in [4.78, 5) is 11.4. The van der Waals surface area contributed by atoms with Crippen LogP contribution in [0.2, 0.25) is 0 Å². The third kappa shape index (κ3) is 4.48. The molecule has 84 valence electrons. The second kappa shape index (κ2) is 5.32. The number of nitrogens with zero attached hydrogens (tertiary/aromatic N) is 2. The summed E-state index contributed by atoms with van der Waals surface area (Å²) in [6.07, 6.45) is 3.54. The molecule has 1 aromatic heterocycles. The highest BCUT2D eigenvalue weighted by Gasteiger charge is 2.16. The first-order valence-electron chi connectivity index (χ1n) is 4.41. The van der Waals surface area contributed by atoms with Crippen LogP contribution in [-0.4, -0.2) is 32.3 Å². The molecule has 0 aliphatic heterocycles. The largest absolute Gasteiger partial charge is 0.336 e. The van der Waals surface area contributed by atoms with E-state index in [0.29, 0.717) is 12.4 Å². The molecule has 0 spiro atoms. The van der Waals surface area contributed by atoms with Crippen molar-refractivity contribution >= 4 is 35.3 Å². The van der Waals surface area contributed by atoms with Crippen molar-refractivity contribution in [3.63, 3.8) is 0 Å². The highest BCUT2D eigenvalue weighted by Crippen LogP contribution is 2.19. The summed E-state index contributed by atoms with van der Waals surface area (Å²) in [6, 6.07) is -0.246. The van der Waals surface area contributed by atoms with Gasteiger partial charge in [0.05, 0.1) is 17.9 Å². The summed E-state index contributed by atoms with van der Waals surface area (Å²) in [5.74, 6) is 0.486. The SMILES string of the molecule is CSC(C)(C)CNC(=O)Nc1cnsn1. The van der Waals surface area contributed by atoms with E-state index in [9.17, 15) is 4.79 Å². The Morgan fingerprint density at radius 2 is 2.40 bits per heavy atom. The molecule has 1 aromatic rings. The number of urea groups is 1. The van der Waals surface area contributed by atoms with E-state index < -0.39 is 0 Å². The van der Waals surface area contributed by atoms with Gasteiger partial charge in [-0.3, -0.25) is 5.32 Å². The number of hydrogen-bond donors (Lipinski definition) is 2. The van der Waals surface area contributed by atoms with E-state index in [1.807, 2.05) is 6.26 Å². The minimum atomic E-state index is -0.246. The molecule has 2 N–H and O–H groups in total. The van der Waals surface area contributed by atoms with Crippen molar-refractivity contribution in [1.82, 2.24) is 14.1 Å². The van der Waals surface area contributed by atoms with Crippen molar-refractivity contribution in [1.29, 1.82) is 0 Å². The fourth-order valence-corrected chi connectivity index (χ4v) is 1.34. The average molecular weight is 246 g/mol. The Morgan fingerprint density at radius 1 is 1.67 bits per heavy atom. The average Bonchev–Trinajstić information content (AvgIpc) is 2.68. The molecule has 0 saturated heterocycles. The number of anilines is 1. The van der Waals surface area contributed by atoms with Crippen LogP contribution < -0.4 is 10.6 Å². The van der Waals surface area contributed by atoms with Gasteiger partial charge in [0, 0.05) is 11.3 Å². The van der Waals surface area contributed by atoms with Crippen LogP contribution in [0.4, 0.5) is 10.6 Å². The summed E-state index contributed by atoms with van der Waals surface area (Å²) in [7, 11) is 0. The lowest BCUT2D eigenvalue weighted by molar-refractivity contribution is 0.251. The number of nitrogens with one attached hydrogen (secondary N) is 2. The third-order valence-electron chi connectivity index (χ3n) is 1.83. The van der Waals surface area contributed by atoms with Crippen LogP contribution in [0.1, 0.15) is 13.8 Å². The zero-order valence-corrected chi connectivity index (χ0v) is 10.5. The van der Waals surface area contributed by atoms with E-state index in [-0.39, 0.29) is 10.8 Å². The molecule has 1 heterocycles. The maximum Gasteiger partial charge on any atom is 0.320 e. The predicted octanol–water partition coefficient (Wildman–Crippen LogP) is 1.80. The molecule has 0 saturated carbocycles. The molecule has 0 fully saturated rings. The minimum absolute atomic E-state index is 0.0393. The van der Waals surface area contributed by atoms with E-state index in [4.69, 9.17) is 0 Å². The summed E-state index contributed by atoms with van der Waals surface area (Å²) >= 11 is 2.77. The topological polar surface area (TPSA) is 66.9 Å². The third-order valence-corrected chi connectivity index (χ3v) is 3.56. The van der Waals surface area contributed by atoms with Gasteiger partial charge in [0.1, 0.15) is 0 Å². The Balaban J connectivity index is 2.31. The Bertz CT molecular complexity index is 312. The van der Waals surface area contributed by atoms with E-state index in [0.717, 1.165) is 11.7 Å². The molecule has 0 bridgehead atoms. The number of hydrogen-bond acceptors (Lipinski definition) is 5. The van der Waals surface area contributed by atoms with Gasteiger partial charge in [0.15, 0.2) is 5.82 Å². The molecule has 1 rings (SSSR count). The van der Waals surface area contributed by atoms with Crippen LogP contribution in [0.25, 0.3) is 0 Å². The second-order valence-electron chi connectivity index (χ2n) is 3.56. The minimum Gasteiger partial charge on any atom is -0.336 e. The monoisotopic (exact) mass is 246 g/mol. The molecule has 0 unspecified atom stereocenters. The van der Waals surface area contributed by atoms with Crippen LogP contribution in [-0.2, 0) is 0 Å². The molecule has 0 aromatic carbocycles. The highest BCUT2D eigenvalue weighted by atomic mass is 32.2. The van der Waals surface area contributed by atoms with Crippen LogP contribution in [0.15, 0.2) is 6.20 Å². The normalized spacial score (nSPS) is 11.1. The van der Waals surface area contributed by atoms with Gasteiger partial charge in [-0.1, -0.05) is 0 Å². The Morgan fingerprint density at radius 3 is 2.93 bits per heavy atom. The van der Waals surface area contributed by atoms with E-state index in [2.05, 4.69) is 33.2 Å². The van der Waals surface area contributed by atoms with Crippen molar-refractivity contribution in [2.24, 2.45) is 0 Å². The van der Waals surface area contributed by atoms with Crippen molar-refractivity contribution < 1.29 is 4.79 Å². The van der Waals surface area contributed by atoms with Crippen molar-refractivity contribution in [2.45, 2.75) is 18.6 Å². The summed E-state index contributed by atoms with van der Waals surface area (Å²) in [5, 5.41) is 5.37. The zero-order valence-electron chi connectivity index (χ0n) is 8.90. The van der Waals surface area contributed by atoms with Crippen molar-refractivity contribution in [2.75, 3.05) is 18.1 Å². The van der Waals surface area contributed by atoms with Gasteiger partial charge in [0.2, 0.25) is 0 Å². The molecule has 0 aliphatic carbocycles. The lowest BCUT2D eigenvalue weighted by Gasteiger charge is -2.21. The highest BCUT2D eigenvalue weighted by molar-refractivity contribution is 7.99. The quantitative estimate of drug-likeness (QED) is 0.850. The molecule has 2 amide bonds. The first-order chi connectivity index (χ1) is 7.03. The summed E-state index contributed by atoms with van der Waals surface area (Å²) < 4.78 is 7.70.